The van der Waals surface area contributed by atoms with E-state index in [1.165, 1.54) is 5.56 Å². The summed E-state index contributed by atoms with van der Waals surface area (Å²) in [5.74, 6) is 0.192. The van der Waals surface area contributed by atoms with Crippen LogP contribution in [0.15, 0.2) is 78.7 Å². The van der Waals surface area contributed by atoms with Crippen LogP contribution in [-0.2, 0) is 4.79 Å². The highest BCUT2D eigenvalue weighted by Crippen LogP contribution is 2.31. The molecule has 3 aromatic rings. The van der Waals surface area contributed by atoms with Crippen LogP contribution in [0.3, 0.4) is 0 Å². The molecule has 0 saturated heterocycles. The Morgan fingerprint density at radius 1 is 1.17 bits per heavy atom. The quantitative estimate of drug-likeness (QED) is 0.762. The van der Waals surface area contributed by atoms with Crippen molar-refractivity contribution >= 4 is 22.6 Å². The summed E-state index contributed by atoms with van der Waals surface area (Å²) in [5, 5.41) is 4.06. The van der Waals surface area contributed by atoms with Gasteiger partial charge in [-0.3, -0.25) is 4.79 Å². The molecule has 2 aromatic heterocycles. The number of aromatic nitrogens is 2. The van der Waals surface area contributed by atoms with Crippen molar-refractivity contribution in [3.63, 3.8) is 0 Å². The van der Waals surface area contributed by atoms with Crippen molar-refractivity contribution in [1.82, 2.24) is 9.97 Å². The Bertz CT molecular complexity index is 938. The van der Waals surface area contributed by atoms with Crippen molar-refractivity contribution in [1.29, 1.82) is 0 Å². The monoisotopic (exact) mass is 315 g/mol. The van der Waals surface area contributed by atoms with Gasteiger partial charge in [-0.2, -0.15) is 0 Å². The Labute approximate surface area is 139 Å². The van der Waals surface area contributed by atoms with Crippen molar-refractivity contribution in [2.75, 3.05) is 5.32 Å². The van der Waals surface area contributed by atoms with Gasteiger partial charge in [-0.1, -0.05) is 36.4 Å². The van der Waals surface area contributed by atoms with E-state index in [1.807, 2.05) is 67.0 Å². The Morgan fingerprint density at radius 3 is 2.83 bits per heavy atom. The third kappa shape index (κ3) is 2.74. The zero-order valence-electron chi connectivity index (χ0n) is 13.1. The number of anilines is 1. The minimum absolute atomic E-state index is 0.0718. The van der Waals surface area contributed by atoms with Gasteiger partial charge in [-0.15, -0.1) is 0 Å². The fourth-order valence-corrected chi connectivity index (χ4v) is 3.05. The molecule has 1 amide bonds. The molecule has 1 aliphatic carbocycles. The third-order valence-corrected chi connectivity index (χ3v) is 4.29. The number of H-pyrrole nitrogens is 1. The Balaban J connectivity index is 1.51. The SMILES string of the molecule is O=C(Nc1ccccc1)C1=CCC(c2ccnc3[nH]ccc23)C=C1. The second-order valence-corrected chi connectivity index (χ2v) is 5.82. The molecule has 1 aliphatic rings. The van der Waals surface area contributed by atoms with E-state index in [1.54, 1.807) is 0 Å². The fraction of sp³-hybridized carbons (Fsp3) is 0.100. The molecule has 4 nitrogen and oxygen atoms in total. The van der Waals surface area contributed by atoms with E-state index in [2.05, 4.69) is 21.4 Å². The third-order valence-electron chi connectivity index (χ3n) is 4.29. The molecule has 1 unspecified atom stereocenters. The number of carbonyl (C=O) groups excluding carboxylic acids is 1. The van der Waals surface area contributed by atoms with Gasteiger partial charge in [0.2, 0.25) is 0 Å². The highest BCUT2D eigenvalue weighted by molar-refractivity contribution is 6.05. The second-order valence-electron chi connectivity index (χ2n) is 5.82. The lowest BCUT2D eigenvalue weighted by atomic mass is 9.89. The smallest absolute Gasteiger partial charge is 0.255 e. The van der Waals surface area contributed by atoms with Crippen LogP contribution in [0.2, 0.25) is 0 Å². The van der Waals surface area contributed by atoms with Gasteiger partial charge >= 0.3 is 0 Å². The second kappa shape index (κ2) is 6.16. The predicted molar refractivity (Wildman–Crippen MR) is 95.7 cm³/mol. The molecule has 0 fully saturated rings. The molecule has 2 heterocycles. The van der Waals surface area contributed by atoms with E-state index < -0.39 is 0 Å². The summed E-state index contributed by atoms with van der Waals surface area (Å²) in [7, 11) is 0. The zero-order valence-corrected chi connectivity index (χ0v) is 13.1. The van der Waals surface area contributed by atoms with E-state index in [9.17, 15) is 4.79 Å². The average Bonchev–Trinajstić information content (AvgIpc) is 3.11. The number of carbonyl (C=O) groups is 1. The van der Waals surface area contributed by atoms with Crippen LogP contribution in [0.5, 0.6) is 0 Å². The van der Waals surface area contributed by atoms with Crippen LogP contribution >= 0.6 is 0 Å². The number of amides is 1. The summed E-state index contributed by atoms with van der Waals surface area (Å²) in [4.78, 5) is 19.8. The minimum atomic E-state index is -0.0718. The number of nitrogens with zero attached hydrogens (tertiary/aromatic N) is 1. The maximum absolute atomic E-state index is 12.3. The van der Waals surface area contributed by atoms with Crippen molar-refractivity contribution < 1.29 is 4.79 Å². The molecule has 4 heteroatoms. The predicted octanol–water partition coefficient (Wildman–Crippen LogP) is 4.17. The van der Waals surface area contributed by atoms with Gasteiger partial charge in [0.05, 0.1) is 0 Å². The van der Waals surface area contributed by atoms with Crippen LogP contribution < -0.4 is 5.32 Å². The molecule has 118 valence electrons. The maximum Gasteiger partial charge on any atom is 0.255 e. The van der Waals surface area contributed by atoms with Gasteiger partial charge in [0.25, 0.3) is 5.91 Å². The molecule has 0 bridgehead atoms. The number of allylic oxidation sites excluding steroid dienone is 2. The normalized spacial score (nSPS) is 16.8. The molecule has 0 aliphatic heterocycles. The summed E-state index contributed by atoms with van der Waals surface area (Å²) in [6.45, 7) is 0. The standard InChI is InChI=1S/C20H17N3O/c24-20(23-16-4-2-1-3-5-16)15-8-6-14(7-9-15)17-10-12-21-19-18(17)11-13-22-19/h1-6,8-14H,7H2,(H,21,22)(H,23,24). The van der Waals surface area contributed by atoms with Crippen LogP contribution in [0, 0.1) is 0 Å². The lowest BCUT2D eigenvalue weighted by Crippen LogP contribution is -2.15. The highest BCUT2D eigenvalue weighted by atomic mass is 16.1. The first-order valence-electron chi connectivity index (χ1n) is 7.98. The number of aromatic amines is 1. The number of hydrogen-bond acceptors (Lipinski definition) is 2. The van der Waals surface area contributed by atoms with Crippen LogP contribution in [-0.4, -0.2) is 15.9 Å². The zero-order chi connectivity index (χ0) is 16.4. The number of para-hydroxylation sites is 1. The summed E-state index contributed by atoms with van der Waals surface area (Å²) >= 11 is 0. The summed E-state index contributed by atoms with van der Waals surface area (Å²) in [6, 6.07) is 13.6. The van der Waals surface area contributed by atoms with Gasteiger partial charge in [-0.25, -0.2) is 4.98 Å². The summed E-state index contributed by atoms with van der Waals surface area (Å²) < 4.78 is 0. The number of benzene rings is 1. The van der Waals surface area contributed by atoms with E-state index >= 15 is 0 Å². The van der Waals surface area contributed by atoms with E-state index in [4.69, 9.17) is 0 Å². The van der Waals surface area contributed by atoms with Gasteiger partial charge in [0.15, 0.2) is 0 Å². The molecule has 0 spiro atoms. The van der Waals surface area contributed by atoms with E-state index in [0.29, 0.717) is 5.57 Å². The highest BCUT2D eigenvalue weighted by Gasteiger charge is 2.17. The van der Waals surface area contributed by atoms with Gasteiger partial charge < -0.3 is 10.3 Å². The summed E-state index contributed by atoms with van der Waals surface area (Å²) in [5.41, 5.74) is 3.64. The van der Waals surface area contributed by atoms with Gasteiger partial charge in [0.1, 0.15) is 5.65 Å². The lowest BCUT2D eigenvalue weighted by Gasteiger charge is -2.17. The Kier molecular flexibility index (Phi) is 3.71. The Hall–Kier alpha value is -3.14. The molecule has 24 heavy (non-hydrogen) atoms. The fourth-order valence-electron chi connectivity index (χ4n) is 3.05. The van der Waals surface area contributed by atoms with Crippen molar-refractivity contribution in [2.24, 2.45) is 0 Å². The van der Waals surface area contributed by atoms with Crippen molar-refractivity contribution in [2.45, 2.75) is 12.3 Å². The molecular weight excluding hydrogens is 298 g/mol. The van der Waals surface area contributed by atoms with E-state index in [-0.39, 0.29) is 11.8 Å². The van der Waals surface area contributed by atoms with Crippen molar-refractivity contribution in [3.8, 4) is 0 Å². The number of nitrogens with one attached hydrogen (secondary N) is 2. The van der Waals surface area contributed by atoms with Crippen molar-refractivity contribution in [3.05, 3.63) is 84.2 Å². The van der Waals surface area contributed by atoms with Crippen LogP contribution in [0.4, 0.5) is 5.69 Å². The first-order chi connectivity index (χ1) is 11.8. The molecule has 0 saturated carbocycles. The molecule has 1 atom stereocenters. The average molecular weight is 315 g/mol. The number of fused-ring (bicyclic) bond motifs is 1. The van der Waals surface area contributed by atoms with Gasteiger partial charge in [0, 0.05) is 35.0 Å². The molecule has 1 aromatic carbocycles. The first-order valence-corrected chi connectivity index (χ1v) is 7.98. The Morgan fingerprint density at radius 2 is 2.04 bits per heavy atom. The topological polar surface area (TPSA) is 57.8 Å². The van der Waals surface area contributed by atoms with Crippen LogP contribution in [0.1, 0.15) is 17.9 Å². The van der Waals surface area contributed by atoms with E-state index in [0.717, 1.165) is 23.1 Å². The largest absolute Gasteiger partial charge is 0.346 e. The molecule has 2 N–H and O–H groups in total. The van der Waals surface area contributed by atoms with Crippen LogP contribution in [0.25, 0.3) is 11.0 Å². The number of pyridine rings is 1. The summed E-state index contributed by atoms with van der Waals surface area (Å²) in [6.07, 6.45) is 10.5. The maximum atomic E-state index is 12.3. The molecule has 4 rings (SSSR count). The minimum Gasteiger partial charge on any atom is -0.346 e. The first kappa shape index (κ1) is 14.5. The number of hydrogen-bond donors (Lipinski definition) is 2. The lowest BCUT2D eigenvalue weighted by molar-refractivity contribution is -0.112. The number of rotatable bonds is 3. The molecule has 0 radical (unpaired) electrons. The molecular formula is C20H17N3O. The van der Waals surface area contributed by atoms with Gasteiger partial charge in [-0.05, 0) is 36.2 Å².